The van der Waals surface area contributed by atoms with Crippen LogP contribution in [0.25, 0.3) is 17.3 Å². The van der Waals surface area contributed by atoms with Gasteiger partial charge in [0.25, 0.3) is 0 Å². The van der Waals surface area contributed by atoms with E-state index < -0.39 is 0 Å². The zero-order valence-corrected chi connectivity index (χ0v) is 15.3. The number of hydrogen-bond acceptors (Lipinski definition) is 4. The third kappa shape index (κ3) is 2.71. The molecule has 3 heterocycles. The smallest absolute Gasteiger partial charge is 0.147 e. The summed E-state index contributed by atoms with van der Waals surface area (Å²) in [7, 11) is 0. The van der Waals surface area contributed by atoms with Gasteiger partial charge in [-0.05, 0) is 37.0 Å². The molecule has 3 aliphatic rings. The van der Waals surface area contributed by atoms with Crippen LogP contribution in [0.5, 0.6) is 0 Å². The van der Waals surface area contributed by atoms with E-state index in [2.05, 4.69) is 27.6 Å². The van der Waals surface area contributed by atoms with Crippen LogP contribution in [0.2, 0.25) is 10.0 Å². The van der Waals surface area contributed by atoms with Crippen molar-refractivity contribution in [1.82, 2.24) is 15.5 Å². The van der Waals surface area contributed by atoms with Crippen LogP contribution in [0.4, 0.5) is 0 Å². The molecule has 2 aliphatic carbocycles. The van der Waals surface area contributed by atoms with Crippen molar-refractivity contribution in [3.63, 3.8) is 0 Å². The van der Waals surface area contributed by atoms with Crippen LogP contribution in [0.15, 0.2) is 23.0 Å². The average molecular weight is 376 g/mol. The van der Waals surface area contributed by atoms with Crippen LogP contribution in [0.3, 0.4) is 0 Å². The van der Waals surface area contributed by atoms with Crippen LogP contribution in [0, 0.1) is 11.3 Å². The highest BCUT2D eigenvalue weighted by atomic mass is 35.5. The second kappa shape index (κ2) is 5.83. The molecule has 25 heavy (non-hydrogen) atoms. The van der Waals surface area contributed by atoms with Crippen molar-refractivity contribution in [2.75, 3.05) is 13.1 Å². The number of nitrogens with one attached hydrogen (secondary N) is 1. The fourth-order valence-electron chi connectivity index (χ4n) is 4.12. The summed E-state index contributed by atoms with van der Waals surface area (Å²) < 4.78 is 5.69. The average Bonchev–Trinajstić information content (AvgIpc) is 3.26. The topological polar surface area (TPSA) is 51.0 Å². The molecule has 0 aromatic carbocycles. The van der Waals surface area contributed by atoms with Crippen LogP contribution < -0.4 is 5.32 Å². The summed E-state index contributed by atoms with van der Waals surface area (Å²) in [5, 5.41) is 8.70. The van der Waals surface area contributed by atoms with E-state index >= 15 is 0 Å². The van der Waals surface area contributed by atoms with Gasteiger partial charge in [0, 0.05) is 42.5 Å². The Kier molecular flexibility index (Phi) is 3.70. The number of allylic oxidation sites excluding steroid dienone is 1. The number of halogens is 2. The molecule has 5 rings (SSSR count). The summed E-state index contributed by atoms with van der Waals surface area (Å²) >= 11 is 12.7. The van der Waals surface area contributed by atoms with E-state index in [1.165, 1.54) is 25.9 Å². The van der Waals surface area contributed by atoms with Gasteiger partial charge in [-0.3, -0.25) is 4.98 Å². The van der Waals surface area contributed by atoms with Gasteiger partial charge in [-0.2, -0.15) is 0 Å². The zero-order chi connectivity index (χ0) is 17.0. The Morgan fingerprint density at radius 3 is 2.48 bits per heavy atom. The number of pyridine rings is 1. The number of rotatable bonds is 4. The quantitative estimate of drug-likeness (QED) is 0.822. The summed E-state index contributed by atoms with van der Waals surface area (Å²) in [6.07, 6.45) is 12.5. The molecule has 4 nitrogen and oxygen atoms in total. The van der Waals surface area contributed by atoms with E-state index in [1.54, 1.807) is 12.4 Å². The Morgan fingerprint density at radius 1 is 1.16 bits per heavy atom. The molecule has 2 aromatic heterocycles. The molecule has 6 heteroatoms. The summed E-state index contributed by atoms with van der Waals surface area (Å²) in [5.74, 6) is 2.08. The molecular weight excluding hydrogens is 357 g/mol. The van der Waals surface area contributed by atoms with Gasteiger partial charge in [0.1, 0.15) is 11.5 Å². The van der Waals surface area contributed by atoms with Crippen molar-refractivity contribution < 1.29 is 4.52 Å². The van der Waals surface area contributed by atoms with Crippen molar-refractivity contribution in [1.29, 1.82) is 0 Å². The molecule has 0 unspecified atom stereocenters. The molecule has 0 amide bonds. The van der Waals surface area contributed by atoms with Crippen molar-refractivity contribution >= 4 is 29.3 Å². The number of nitrogens with zero attached hydrogens (tertiary/aromatic N) is 2. The van der Waals surface area contributed by atoms with Crippen LogP contribution in [-0.2, 0) is 0 Å². The summed E-state index contributed by atoms with van der Waals surface area (Å²) in [5.41, 5.74) is 3.05. The van der Waals surface area contributed by atoms with Crippen LogP contribution in [-0.4, -0.2) is 23.2 Å². The van der Waals surface area contributed by atoms with E-state index in [-0.39, 0.29) is 0 Å². The largest absolute Gasteiger partial charge is 0.360 e. The standard InChI is InChI=1S/C19H19Cl2N3O/c20-14-7-22-8-15(21)16(14)17-13(18(25-24-17)12-2-3-12)4-1-11-5-19(6-11)9-23-10-19/h1,4,7-8,11-12,23H,2-3,5-6,9-10H2/b4-1+. The minimum absolute atomic E-state index is 0.476. The van der Waals surface area contributed by atoms with Gasteiger partial charge in [-0.1, -0.05) is 40.5 Å². The van der Waals surface area contributed by atoms with Gasteiger partial charge in [0.15, 0.2) is 0 Å². The van der Waals surface area contributed by atoms with Gasteiger partial charge in [-0.25, -0.2) is 0 Å². The summed E-state index contributed by atoms with van der Waals surface area (Å²) in [4.78, 5) is 4.04. The third-order valence-electron chi connectivity index (χ3n) is 5.72. The first-order valence-electron chi connectivity index (χ1n) is 8.83. The van der Waals surface area contributed by atoms with Crippen molar-refractivity contribution in [3.8, 4) is 11.3 Å². The van der Waals surface area contributed by atoms with Crippen molar-refractivity contribution in [3.05, 3.63) is 39.8 Å². The highest BCUT2D eigenvalue weighted by Gasteiger charge is 2.47. The van der Waals surface area contributed by atoms with E-state index in [9.17, 15) is 0 Å². The predicted molar refractivity (Wildman–Crippen MR) is 98.8 cm³/mol. The molecule has 1 spiro atoms. The minimum atomic E-state index is 0.476. The second-order valence-corrected chi connectivity index (χ2v) is 8.51. The van der Waals surface area contributed by atoms with Gasteiger partial charge < -0.3 is 9.84 Å². The molecule has 0 atom stereocenters. The molecule has 1 aliphatic heterocycles. The third-order valence-corrected chi connectivity index (χ3v) is 6.29. The first-order valence-corrected chi connectivity index (χ1v) is 9.59. The van der Waals surface area contributed by atoms with Gasteiger partial charge in [-0.15, -0.1) is 0 Å². The fraction of sp³-hybridized carbons (Fsp3) is 0.474. The first-order chi connectivity index (χ1) is 12.2. The van der Waals surface area contributed by atoms with Crippen LogP contribution in [0.1, 0.15) is 42.9 Å². The fourth-order valence-corrected chi connectivity index (χ4v) is 4.66. The maximum Gasteiger partial charge on any atom is 0.147 e. The molecule has 1 N–H and O–H groups in total. The molecular formula is C19H19Cl2N3O. The molecule has 2 saturated carbocycles. The maximum absolute atomic E-state index is 6.35. The number of aromatic nitrogens is 2. The van der Waals surface area contributed by atoms with Gasteiger partial charge >= 0.3 is 0 Å². The Hall–Kier alpha value is -1.36. The van der Waals surface area contributed by atoms with E-state index in [0.29, 0.717) is 32.9 Å². The second-order valence-electron chi connectivity index (χ2n) is 7.69. The lowest BCUT2D eigenvalue weighted by Crippen LogP contribution is -2.59. The Morgan fingerprint density at radius 2 is 1.88 bits per heavy atom. The van der Waals surface area contributed by atoms with Crippen molar-refractivity contribution in [2.45, 2.75) is 31.6 Å². The first kappa shape index (κ1) is 15.9. The Labute approximate surface area is 156 Å². The number of hydrogen-bond donors (Lipinski definition) is 1. The Balaban J connectivity index is 1.48. The molecule has 2 aromatic rings. The summed E-state index contributed by atoms with van der Waals surface area (Å²) in [6, 6.07) is 0. The van der Waals surface area contributed by atoms with Gasteiger partial charge in [0.2, 0.25) is 0 Å². The molecule has 3 fully saturated rings. The van der Waals surface area contributed by atoms with Gasteiger partial charge in [0.05, 0.1) is 10.0 Å². The normalized spacial score (nSPS) is 22.3. The minimum Gasteiger partial charge on any atom is -0.360 e. The highest BCUT2D eigenvalue weighted by Crippen LogP contribution is 2.50. The lowest BCUT2D eigenvalue weighted by atomic mass is 9.58. The maximum atomic E-state index is 6.35. The van der Waals surface area contributed by atoms with E-state index in [1.807, 2.05) is 0 Å². The monoisotopic (exact) mass is 375 g/mol. The van der Waals surface area contributed by atoms with Crippen molar-refractivity contribution in [2.24, 2.45) is 11.3 Å². The molecule has 0 bridgehead atoms. The SMILES string of the molecule is Clc1cncc(Cl)c1-c1noc(C2CC2)c1/C=C/C1CC2(CNC2)C1. The predicted octanol–water partition coefficient (Wildman–Crippen LogP) is 4.93. The lowest BCUT2D eigenvalue weighted by molar-refractivity contribution is 0.0228. The van der Waals surface area contributed by atoms with E-state index in [0.717, 1.165) is 29.9 Å². The molecule has 0 radical (unpaired) electrons. The highest BCUT2D eigenvalue weighted by molar-refractivity contribution is 6.39. The zero-order valence-electron chi connectivity index (χ0n) is 13.8. The summed E-state index contributed by atoms with van der Waals surface area (Å²) in [6.45, 7) is 2.34. The van der Waals surface area contributed by atoms with Crippen LogP contribution >= 0.6 is 23.2 Å². The Bertz CT molecular complexity index is 824. The molecule has 1 saturated heterocycles. The molecule has 130 valence electrons. The lowest BCUT2D eigenvalue weighted by Gasteiger charge is -2.53. The van der Waals surface area contributed by atoms with E-state index in [4.69, 9.17) is 27.7 Å².